The summed E-state index contributed by atoms with van der Waals surface area (Å²) in [7, 11) is -2.77. The number of anilines is 1. The third-order valence-electron chi connectivity index (χ3n) is 5.08. The molecule has 0 aliphatic carbocycles. The van der Waals surface area contributed by atoms with Crippen LogP contribution >= 0.6 is 11.6 Å². The Balaban J connectivity index is 1.92. The quantitative estimate of drug-likeness (QED) is 0.250. The van der Waals surface area contributed by atoms with Crippen LogP contribution in [0.2, 0.25) is 5.02 Å². The number of aryl methyl sites for hydroxylation is 2. The largest absolute Gasteiger partial charge is 0.495 e. The molecule has 0 atom stereocenters. The summed E-state index contributed by atoms with van der Waals surface area (Å²) in [5, 5.41) is 15.0. The van der Waals surface area contributed by atoms with Crippen molar-refractivity contribution < 1.29 is 22.9 Å². The molecule has 0 saturated heterocycles. The summed E-state index contributed by atoms with van der Waals surface area (Å²) in [5.74, 6) is -0.497. The van der Waals surface area contributed by atoms with Crippen molar-refractivity contribution in [2.45, 2.75) is 18.7 Å². The van der Waals surface area contributed by atoms with Gasteiger partial charge in [0.25, 0.3) is 21.6 Å². The first-order valence-corrected chi connectivity index (χ1v) is 12.3. The molecule has 0 spiro atoms. The van der Waals surface area contributed by atoms with Gasteiger partial charge in [0.1, 0.15) is 12.3 Å². The number of nitro benzene ring substituents is 1. The van der Waals surface area contributed by atoms with Gasteiger partial charge in [-0.1, -0.05) is 35.4 Å². The van der Waals surface area contributed by atoms with E-state index in [1.165, 1.54) is 37.4 Å². The van der Waals surface area contributed by atoms with Gasteiger partial charge < -0.3 is 4.74 Å². The fourth-order valence-electron chi connectivity index (χ4n) is 3.22. The third kappa shape index (κ3) is 6.18. The van der Waals surface area contributed by atoms with Crippen LogP contribution in [0.5, 0.6) is 5.75 Å². The van der Waals surface area contributed by atoms with Crippen molar-refractivity contribution in [3.63, 3.8) is 0 Å². The summed E-state index contributed by atoms with van der Waals surface area (Å²) in [6.07, 6.45) is 1.14. The zero-order valence-electron chi connectivity index (χ0n) is 19.6. The number of hydrogen-bond donors (Lipinski definition) is 1. The fourth-order valence-corrected chi connectivity index (χ4v) is 4.80. The molecule has 12 heteroatoms. The smallest absolute Gasteiger partial charge is 0.270 e. The number of carbonyl (C=O) groups excluding carboxylic acids is 1. The molecule has 0 aliphatic heterocycles. The predicted molar refractivity (Wildman–Crippen MR) is 137 cm³/mol. The second-order valence-electron chi connectivity index (χ2n) is 7.76. The van der Waals surface area contributed by atoms with Gasteiger partial charge in [-0.25, -0.2) is 13.8 Å². The van der Waals surface area contributed by atoms with Gasteiger partial charge >= 0.3 is 0 Å². The summed E-state index contributed by atoms with van der Waals surface area (Å²) in [6, 6.07) is 15.0. The molecule has 1 N–H and O–H groups in total. The minimum absolute atomic E-state index is 0.00339. The lowest BCUT2D eigenvalue weighted by Gasteiger charge is -2.25. The van der Waals surface area contributed by atoms with Crippen LogP contribution in [0.25, 0.3) is 0 Å². The Labute approximate surface area is 213 Å². The number of non-ortho nitro benzene ring substituents is 1. The van der Waals surface area contributed by atoms with E-state index in [9.17, 15) is 23.3 Å². The second-order valence-corrected chi connectivity index (χ2v) is 10.0. The maximum atomic E-state index is 13.6. The normalized spacial score (nSPS) is 11.3. The predicted octanol–water partition coefficient (Wildman–Crippen LogP) is 4.22. The number of sulfonamides is 1. The van der Waals surface area contributed by atoms with Gasteiger partial charge in [-0.2, -0.15) is 5.10 Å². The standard InChI is InChI=1S/C24H23ClN4O6S/c1-16-4-8-20(9-5-16)36(33,34)28(22-12-17(2)6-11-23(22)35-3)15-24(30)27-26-14-18-13-19(29(31)32)7-10-21(18)25/h4-14H,15H2,1-3H3,(H,27,30)/b26-14-. The van der Waals surface area contributed by atoms with E-state index in [-0.39, 0.29) is 32.6 Å². The highest BCUT2D eigenvalue weighted by molar-refractivity contribution is 7.92. The molecule has 0 saturated carbocycles. The van der Waals surface area contributed by atoms with Crippen LogP contribution in [0.4, 0.5) is 11.4 Å². The lowest BCUT2D eigenvalue weighted by atomic mass is 10.2. The van der Waals surface area contributed by atoms with Gasteiger partial charge in [-0.3, -0.25) is 19.2 Å². The summed E-state index contributed by atoms with van der Waals surface area (Å²) in [6.45, 7) is 3.00. The lowest BCUT2D eigenvalue weighted by molar-refractivity contribution is -0.384. The molecule has 0 fully saturated rings. The van der Waals surface area contributed by atoms with Crippen LogP contribution in [0.1, 0.15) is 16.7 Å². The number of nitrogens with zero attached hydrogens (tertiary/aromatic N) is 3. The Morgan fingerprint density at radius 3 is 2.42 bits per heavy atom. The number of nitro groups is 1. The topological polar surface area (TPSA) is 131 Å². The van der Waals surface area contributed by atoms with Crippen molar-refractivity contribution in [1.82, 2.24) is 5.43 Å². The first kappa shape index (κ1) is 26.6. The Morgan fingerprint density at radius 1 is 1.11 bits per heavy atom. The molecule has 0 aliphatic rings. The molecular weight excluding hydrogens is 508 g/mol. The molecule has 0 aromatic heterocycles. The highest BCUT2D eigenvalue weighted by atomic mass is 35.5. The lowest BCUT2D eigenvalue weighted by Crippen LogP contribution is -2.39. The Morgan fingerprint density at radius 2 is 1.78 bits per heavy atom. The Hall–Kier alpha value is -3.96. The Bertz CT molecular complexity index is 1430. The molecule has 3 aromatic carbocycles. The summed E-state index contributed by atoms with van der Waals surface area (Å²) < 4.78 is 33.4. The van der Waals surface area contributed by atoms with Crippen molar-refractivity contribution in [1.29, 1.82) is 0 Å². The van der Waals surface area contributed by atoms with Crippen LogP contribution in [0.15, 0.2) is 70.7 Å². The fraction of sp³-hybridized carbons (Fsp3) is 0.167. The van der Waals surface area contributed by atoms with Crippen molar-refractivity contribution in [2.24, 2.45) is 5.10 Å². The van der Waals surface area contributed by atoms with Gasteiger partial charge in [0, 0.05) is 22.7 Å². The van der Waals surface area contributed by atoms with Crippen LogP contribution in [-0.4, -0.2) is 39.1 Å². The summed E-state index contributed by atoms with van der Waals surface area (Å²) in [4.78, 5) is 23.2. The minimum atomic E-state index is -4.17. The number of methoxy groups -OCH3 is 1. The SMILES string of the molecule is COc1ccc(C)cc1N(CC(=O)N/N=C\c1cc([N+](=O)[O-])ccc1Cl)S(=O)(=O)c1ccc(C)cc1. The number of rotatable bonds is 9. The average Bonchev–Trinajstić information content (AvgIpc) is 2.83. The third-order valence-corrected chi connectivity index (χ3v) is 7.20. The van der Waals surface area contributed by atoms with E-state index < -0.39 is 27.4 Å². The molecule has 0 bridgehead atoms. The van der Waals surface area contributed by atoms with Gasteiger partial charge in [0.05, 0.1) is 28.8 Å². The van der Waals surface area contributed by atoms with Crippen molar-refractivity contribution in [3.05, 3.63) is 92.5 Å². The Kier molecular flexibility index (Phi) is 8.28. The molecule has 1 amide bonds. The van der Waals surface area contributed by atoms with Crippen LogP contribution < -0.4 is 14.5 Å². The van der Waals surface area contributed by atoms with E-state index in [0.29, 0.717) is 0 Å². The van der Waals surface area contributed by atoms with Crippen LogP contribution in [0.3, 0.4) is 0 Å². The van der Waals surface area contributed by atoms with E-state index in [4.69, 9.17) is 16.3 Å². The minimum Gasteiger partial charge on any atom is -0.495 e. The maximum Gasteiger partial charge on any atom is 0.270 e. The van der Waals surface area contributed by atoms with E-state index in [0.717, 1.165) is 21.6 Å². The number of hydrogen-bond acceptors (Lipinski definition) is 7. The number of nitrogens with one attached hydrogen (secondary N) is 1. The number of amides is 1. The average molecular weight is 531 g/mol. The van der Waals surface area contributed by atoms with E-state index in [1.54, 1.807) is 37.3 Å². The zero-order valence-corrected chi connectivity index (χ0v) is 21.2. The highest BCUT2D eigenvalue weighted by Gasteiger charge is 2.29. The van der Waals surface area contributed by atoms with Gasteiger partial charge in [-0.05, 0) is 49.7 Å². The zero-order chi connectivity index (χ0) is 26.5. The molecular formula is C24H23ClN4O6S. The number of carbonyl (C=O) groups is 1. The first-order valence-electron chi connectivity index (χ1n) is 10.5. The van der Waals surface area contributed by atoms with Crippen molar-refractivity contribution in [3.8, 4) is 5.75 Å². The number of hydrazone groups is 1. The molecule has 0 heterocycles. The van der Waals surface area contributed by atoms with Crippen LogP contribution in [-0.2, 0) is 14.8 Å². The highest BCUT2D eigenvalue weighted by Crippen LogP contribution is 2.33. The maximum absolute atomic E-state index is 13.6. The molecule has 10 nitrogen and oxygen atoms in total. The molecule has 36 heavy (non-hydrogen) atoms. The van der Waals surface area contributed by atoms with E-state index in [2.05, 4.69) is 10.5 Å². The monoisotopic (exact) mass is 530 g/mol. The second kappa shape index (κ2) is 11.2. The van der Waals surface area contributed by atoms with Gasteiger partial charge in [0.15, 0.2) is 0 Å². The molecule has 3 rings (SSSR count). The molecule has 188 valence electrons. The summed E-state index contributed by atoms with van der Waals surface area (Å²) in [5.41, 5.74) is 4.06. The van der Waals surface area contributed by atoms with Gasteiger partial charge in [-0.15, -0.1) is 0 Å². The molecule has 0 unspecified atom stereocenters. The number of ether oxygens (including phenoxy) is 1. The van der Waals surface area contributed by atoms with Crippen molar-refractivity contribution >= 4 is 45.1 Å². The van der Waals surface area contributed by atoms with Crippen LogP contribution in [0, 0.1) is 24.0 Å². The number of benzene rings is 3. The van der Waals surface area contributed by atoms with E-state index in [1.807, 2.05) is 6.92 Å². The first-order chi connectivity index (χ1) is 17.0. The summed E-state index contributed by atoms with van der Waals surface area (Å²) >= 11 is 6.04. The van der Waals surface area contributed by atoms with Crippen molar-refractivity contribution in [2.75, 3.05) is 18.0 Å². The van der Waals surface area contributed by atoms with E-state index >= 15 is 0 Å². The van der Waals surface area contributed by atoms with Gasteiger partial charge in [0.2, 0.25) is 0 Å². The molecule has 0 radical (unpaired) electrons. The molecule has 3 aromatic rings. The number of halogens is 1.